The van der Waals surface area contributed by atoms with Crippen molar-refractivity contribution >= 4 is 39.9 Å². The topological polar surface area (TPSA) is 97.2 Å². The second-order valence-electron chi connectivity index (χ2n) is 5.73. The molecule has 0 aliphatic heterocycles. The van der Waals surface area contributed by atoms with Gasteiger partial charge in [0.05, 0.1) is 19.3 Å². The monoisotopic (exact) mass is 414 g/mol. The maximum Gasteiger partial charge on any atom is 0.244 e. The summed E-state index contributed by atoms with van der Waals surface area (Å²) in [4.78, 5) is 21.5. The van der Waals surface area contributed by atoms with Crippen LogP contribution in [0.2, 0.25) is 5.15 Å². The number of hydrogen-bond acceptors (Lipinski definition) is 6. The molecule has 2 N–H and O–H groups in total. The molecule has 0 spiro atoms. The zero-order chi connectivity index (χ0) is 19.5. The summed E-state index contributed by atoms with van der Waals surface area (Å²) >= 11 is 7.58. The number of carbonyl (C=O) groups is 1. The lowest BCUT2D eigenvalue weighted by Gasteiger charge is -2.00. The van der Waals surface area contributed by atoms with Crippen molar-refractivity contribution in [3.05, 3.63) is 58.6 Å². The second kappa shape index (κ2) is 7.83. The number of hydrogen-bond donors (Lipinski definition) is 2. The first kappa shape index (κ1) is 18.2. The van der Waals surface area contributed by atoms with Crippen LogP contribution in [0.15, 0.2) is 41.9 Å². The number of carbonyl (C=O) groups excluding carboxylic acids is 1. The molecule has 0 saturated heterocycles. The molecule has 1 aromatic carbocycles. The number of rotatable bonds is 6. The second-order valence-corrected chi connectivity index (χ2v) is 6.96. The van der Waals surface area contributed by atoms with Crippen LogP contribution in [0.25, 0.3) is 22.4 Å². The zero-order valence-corrected chi connectivity index (χ0v) is 16.3. The van der Waals surface area contributed by atoms with Crippen LogP contribution in [0.3, 0.4) is 0 Å². The molecule has 0 aliphatic carbocycles. The number of aromatic amines is 1. The fourth-order valence-electron chi connectivity index (χ4n) is 2.55. The average molecular weight is 415 g/mol. The first-order chi connectivity index (χ1) is 13.6. The first-order valence-electron chi connectivity index (χ1n) is 8.26. The van der Waals surface area contributed by atoms with E-state index in [4.69, 9.17) is 16.3 Å². The minimum Gasteiger partial charge on any atom is -0.497 e. The fourth-order valence-corrected chi connectivity index (χ4v) is 3.56. The smallest absolute Gasteiger partial charge is 0.244 e. The fraction of sp³-hybridized carbons (Fsp3) is 0.111. The third-order valence-electron chi connectivity index (χ3n) is 3.96. The summed E-state index contributed by atoms with van der Waals surface area (Å²) in [6, 6.07) is 7.41. The van der Waals surface area contributed by atoms with E-state index in [-0.39, 0.29) is 12.5 Å². The molecular formula is C18H15ClN6O2S. The molecule has 0 aliphatic rings. The predicted octanol–water partition coefficient (Wildman–Crippen LogP) is 3.17. The van der Waals surface area contributed by atoms with Gasteiger partial charge in [-0.1, -0.05) is 11.6 Å². The Hall–Kier alpha value is -3.17. The van der Waals surface area contributed by atoms with Gasteiger partial charge in [0.1, 0.15) is 11.6 Å². The molecule has 0 atom stereocenters. The van der Waals surface area contributed by atoms with Crippen LogP contribution in [0.4, 0.5) is 0 Å². The van der Waals surface area contributed by atoms with Crippen molar-refractivity contribution in [3.63, 3.8) is 0 Å². The van der Waals surface area contributed by atoms with Gasteiger partial charge in [-0.3, -0.25) is 14.3 Å². The highest BCUT2D eigenvalue weighted by Gasteiger charge is 2.10. The van der Waals surface area contributed by atoms with Crippen LogP contribution in [0.1, 0.15) is 11.5 Å². The van der Waals surface area contributed by atoms with Crippen molar-refractivity contribution in [2.45, 2.75) is 6.54 Å². The third-order valence-corrected chi connectivity index (χ3v) is 4.99. The lowest BCUT2D eigenvalue weighted by molar-refractivity contribution is -0.116. The van der Waals surface area contributed by atoms with E-state index in [1.807, 2.05) is 40.2 Å². The minimum atomic E-state index is -0.274. The number of amides is 1. The first-order valence-corrected chi connectivity index (χ1v) is 9.52. The van der Waals surface area contributed by atoms with E-state index in [9.17, 15) is 4.79 Å². The van der Waals surface area contributed by atoms with Crippen molar-refractivity contribution in [1.29, 1.82) is 0 Å². The molecule has 3 aromatic heterocycles. The van der Waals surface area contributed by atoms with Crippen molar-refractivity contribution in [3.8, 4) is 17.1 Å². The molecule has 10 heteroatoms. The number of H-pyrrole nitrogens is 1. The number of methoxy groups -OCH3 is 1. The number of nitrogens with one attached hydrogen (secondary N) is 2. The van der Waals surface area contributed by atoms with E-state index in [2.05, 4.69) is 25.5 Å². The van der Waals surface area contributed by atoms with Crippen LogP contribution < -0.4 is 10.1 Å². The molecule has 4 aromatic rings. The summed E-state index contributed by atoms with van der Waals surface area (Å²) in [5.41, 5.74) is 1.51. The van der Waals surface area contributed by atoms with Gasteiger partial charge in [-0.05, 0) is 30.3 Å². The Bertz CT molecular complexity index is 1140. The molecule has 0 saturated carbocycles. The van der Waals surface area contributed by atoms with Gasteiger partial charge in [-0.15, -0.1) is 11.3 Å². The Balaban J connectivity index is 1.38. The number of thiazole rings is 1. The van der Waals surface area contributed by atoms with Gasteiger partial charge < -0.3 is 10.1 Å². The normalized spacial score (nSPS) is 11.4. The van der Waals surface area contributed by atoms with Crippen molar-refractivity contribution < 1.29 is 9.53 Å². The van der Waals surface area contributed by atoms with Crippen LogP contribution in [-0.4, -0.2) is 37.6 Å². The average Bonchev–Trinajstić information content (AvgIpc) is 3.42. The zero-order valence-electron chi connectivity index (χ0n) is 14.7. The summed E-state index contributed by atoms with van der Waals surface area (Å²) in [5, 5.41) is 12.0. The van der Waals surface area contributed by atoms with E-state index in [1.54, 1.807) is 13.2 Å². The number of nitrogens with zero attached hydrogens (tertiary/aromatic N) is 4. The minimum absolute atomic E-state index is 0.223. The third kappa shape index (κ3) is 3.75. The van der Waals surface area contributed by atoms with Crippen LogP contribution in [-0.2, 0) is 11.3 Å². The van der Waals surface area contributed by atoms with E-state index in [0.29, 0.717) is 22.5 Å². The van der Waals surface area contributed by atoms with E-state index in [0.717, 1.165) is 16.3 Å². The van der Waals surface area contributed by atoms with Crippen molar-refractivity contribution in [2.75, 3.05) is 7.11 Å². The molecule has 4 rings (SSSR count). The number of halogens is 1. The standard InChI is InChI=1S/C18H15ClN6O2S/c1-27-12-4-2-11(3-5-12)17-21-14(23-24-17)10-20-15(26)7-6-13-16(19)22-18-25(13)8-9-28-18/h2-9H,10H2,1H3,(H,20,26)(H,21,23,24)/b7-6+. The Morgan fingerprint density at radius 1 is 1.36 bits per heavy atom. The number of aromatic nitrogens is 5. The Morgan fingerprint density at radius 2 is 2.18 bits per heavy atom. The van der Waals surface area contributed by atoms with E-state index in [1.165, 1.54) is 17.4 Å². The Labute approximate surface area is 168 Å². The summed E-state index contributed by atoms with van der Waals surface area (Å²) in [6.07, 6.45) is 4.90. The van der Waals surface area contributed by atoms with Crippen LogP contribution in [0.5, 0.6) is 5.75 Å². The van der Waals surface area contributed by atoms with E-state index >= 15 is 0 Å². The highest BCUT2D eigenvalue weighted by molar-refractivity contribution is 7.15. The molecule has 0 fully saturated rings. The number of fused-ring (bicyclic) bond motifs is 1. The van der Waals surface area contributed by atoms with Gasteiger partial charge in [0.2, 0.25) is 5.91 Å². The molecule has 0 radical (unpaired) electrons. The summed E-state index contributed by atoms with van der Waals surface area (Å²) in [5.74, 6) is 1.59. The van der Waals surface area contributed by atoms with Gasteiger partial charge in [0.15, 0.2) is 15.9 Å². The van der Waals surface area contributed by atoms with Crippen LogP contribution in [0, 0.1) is 0 Å². The highest BCUT2D eigenvalue weighted by Crippen LogP contribution is 2.22. The van der Waals surface area contributed by atoms with Crippen molar-refractivity contribution in [2.24, 2.45) is 0 Å². The molecular weight excluding hydrogens is 400 g/mol. The van der Waals surface area contributed by atoms with Gasteiger partial charge in [0.25, 0.3) is 0 Å². The molecule has 8 nitrogen and oxygen atoms in total. The predicted molar refractivity (Wildman–Crippen MR) is 107 cm³/mol. The SMILES string of the molecule is COc1ccc(-c2n[nH]c(CNC(=O)/C=C/c3c(Cl)nc4sccn34)n2)cc1. The summed E-state index contributed by atoms with van der Waals surface area (Å²) in [7, 11) is 1.61. The van der Waals surface area contributed by atoms with Gasteiger partial charge >= 0.3 is 0 Å². The summed E-state index contributed by atoms with van der Waals surface area (Å²) < 4.78 is 6.96. The quantitative estimate of drug-likeness (QED) is 0.472. The molecule has 28 heavy (non-hydrogen) atoms. The van der Waals surface area contributed by atoms with Crippen LogP contribution >= 0.6 is 22.9 Å². The summed E-state index contributed by atoms with van der Waals surface area (Å²) in [6.45, 7) is 0.223. The van der Waals surface area contributed by atoms with Gasteiger partial charge in [-0.2, -0.15) is 5.10 Å². The highest BCUT2D eigenvalue weighted by atomic mass is 35.5. The molecule has 1 amide bonds. The maximum atomic E-state index is 12.1. The number of benzene rings is 1. The molecule has 0 unspecified atom stereocenters. The lowest BCUT2D eigenvalue weighted by Crippen LogP contribution is -2.21. The lowest BCUT2D eigenvalue weighted by atomic mass is 10.2. The molecule has 3 heterocycles. The van der Waals surface area contributed by atoms with Crippen molar-refractivity contribution in [1.82, 2.24) is 29.9 Å². The number of imidazole rings is 1. The number of ether oxygens (including phenoxy) is 1. The Morgan fingerprint density at radius 3 is 2.96 bits per heavy atom. The van der Waals surface area contributed by atoms with E-state index < -0.39 is 0 Å². The maximum absolute atomic E-state index is 12.1. The molecule has 142 valence electrons. The largest absolute Gasteiger partial charge is 0.497 e. The van der Waals surface area contributed by atoms with Gasteiger partial charge in [-0.25, -0.2) is 9.97 Å². The van der Waals surface area contributed by atoms with Gasteiger partial charge in [0, 0.05) is 23.2 Å². The molecule has 0 bridgehead atoms. The Kier molecular flexibility index (Phi) is 5.09.